The van der Waals surface area contributed by atoms with E-state index in [4.69, 9.17) is 22.1 Å². The van der Waals surface area contributed by atoms with Crippen LogP contribution in [-0.4, -0.2) is 44.7 Å². The number of aliphatic hydroxyl groups is 1. The smallest absolute Gasteiger partial charge is 0.280 e. The van der Waals surface area contributed by atoms with Crippen LogP contribution in [0.2, 0.25) is 5.28 Å². The van der Waals surface area contributed by atoms with Crippen molar-refractivity contribution in [3.63, 3.8) is 0 Å². The molecule has 8 nitrogen and oxygen atoms in total. The minimum Gasteiger partial charge on any atom is -0.390 e. The molecule has 0 amide bonds. The van der Waals surface area contributed by atoms with Gasteiger partial charge in [0.1, 0.15) is 12.3 Å². The van der Waals surface area contributed by atoms with Gasteiger partial charge in [0, 0.05) is 15.8 Å². The number of aliphatic hydroxyl groups excluding tert-OH is 1. The largest absolute Gasteiger partial charge is 0.390 e. The molecule has 4 unspecified atom stereocenters. The number of rotatable bonds is 4. The topological polar surface area (TPSA) is 102 Å². The van der Waals surface area contributed by atoms with Gasteiger partial charge >= 0.3 is 0 Å². The number of nitrogens with one attached hydrogen (secondary N) is 1. The number of hydrogen-bond donors (Lipinski definition) is 2. The highest BCUT2D eigenvalue weighted by Gasteiger charge is 2.35. The average Bonchev–Trinajstić information content (AvgIpc) is 3.00. The summed E-state index contributed by atoms with van der Waals surface area (Å²) in [5.41, 5.74) is 0.0206. The van der Waals surface area contributed by atoms with Crippen molar-refractivity contribution in [1.82, 2.24) is 19.5 Å². The first-order chi connectivity index (χ1) is 10.1. The van der Waals surface area contributed by atoms with Crippen LogP contribution in [0.5, 0.6) is 0 Å². The summed E-state index contributed by atoms with van der Waals surface area (Å²) in [4.78, 5) is 22.1. The predicted molar refractivity (Wildman–Crippen MR) is 73.4 cm³/mol. The molecule has 0 bridgehead atoms. The molecular weight excluding hydrogens is 307 g/mol. The summed E-state index contributed by atoms with van der Waals surface area (Å²) in [6.45, 7) is 0.140. The van der Waals surface area contributed by atoms with Crippen molar-refractivity contribution < 1.29 is 14.4 Å². The van der Waals surface area contributed by atoms with Crippen LogP contribution < -0.4 is 5.56 Å². The summed E-state index contributed by atoms with van der Waals surface area (Å²) >= 11 is 5.75. The van der Waals surface area contributed by atoms with E-state index in [1.807, 2.05) is 0 Å². The number of nitrogens with zero attached hydrogens (tertiary/aromatic N) is 3. The number of imidazole rings is 1. The van der Waals surface area contributed by atoms with Gasteiger partial charge in [-0.1, -0.05) is 0 Å². The monoisotopic (exact) mass is 320 g/mol. The van der Waals surface area contributed by atoms with Crippen molar-refractivity contribution >= 4 is 32.2 Å². The second kappa shape index (κ2) is 5.38. The van der Waals surface area contributed by atoms with Crippen molar-refractivity contribution in [2.45, 2.75) is 24.9 Å². The van der Waals surface area contributed by atoms with Gasteiger partial charge < -0.3 is 14.4 Å². The molecule has 1 aliphatic heterocycles. The zero-order valence-electron chi connectivity index (χ0n) is 11.1. The third kappa shape index (κ3) is 2.34. The first-order valence-electron chi connectivity index (χ1n) is 6.34. The maximum atomic E-state index is 11.7. The summed E-state index contributed by atoms with van der Waals surface area (Å²) in [7, 11) is -0.416. The molecule has 0 aromatic carbocycles. The summed E-state index contributed by atoms with van der Waals surface area (Å²) in [5.74, 6) is 0. The fourth-order valence-corrected chi connectivity index (χ4v) is 2.56. The van der Waals surface area contributed by atoms with Gasteiger partial charge in [-0.25, -0.2) is 4.98 Å². The Morgan fingerprint density at radius 2 is 2.65 bits per heavy atom. The molecule has 0 aliphatic carbocycles. The molecular formula is C10H12ClN4O4P. The number of aromatic amines is 1. The molecule has 1 saturated heterocycles. The molecule has 0 saturated carbocycles. The van der Waals surface area contributed by atoms with E-state index >= 15 is 0 Å². The van der Waals surface area contributed by atoms with Crippen molar-refractivity contribution in [3.05, 3.63) is 22.0 Å². The number of fused-ring (bicyclic) bond motifs is 1. The Labute approximate surface area is 121 Å². The van der Waals surface area contributed by atoms with Gasteiger partial charge in [-0.15, -0.1) is 0 Å². The van der Waals surface area contributed by atoms with Crippen LogP contribution in [0.1, 0.15) is 12.6 Å². The van der Waals surface area contributed by atoms with Gasteiger partial charge in [0.15, 0.2) is 11.2 Å². The highest BCUT2D eigenvalue weighted by molar-refractivity contribution is 7.09. The van der Waals surface area contributed by atoms with E-state index in [0.29, 0.717) is 12.1 Å². The molecule has 3 heterocycles. The quantitative estimate of drug-likeness (QED) is 0.617. The van der Waals surface area contributed by atoms with Crippen LogP contribution in [0, 0.1) is 0 Å². The summed E-state index contributed by atoms with van der Waals surface area (Å²) in [5, 5.41) is 9.92. The second-order valence-electron chi connectivity index (χ2n) is 4.42. The lowest BCUT2D eigenvalue weighted by Gasteiger charge is -2.14. The maximum absolute atomic E-state index is 11.7. The average molecular weight is 321 g/mol. The van der Waals surface area contributed by atoms with E-state index in [1.54, 1.807) is 4.57 Å². The third-order valence-electron chi connectivity index (χ3n) is 3.17. The molecule has 2 aromatic heterocycles. The van der Waals surface area contributed by atoms with E-state index in [9.17, 15) is 9.90 Å². The Hall–Kier alpha value is -1.05. The van der Waals surface area contributed by atoms with Crippen molar-refractivity contribution in [3.8, 4) is 0 Å². The second-order valence-corrected chi connectivity index (χ2v) is 5.07. The van der Waals surface area contributed by atoms with E-state index in [2.05, 4.69) is 15.0 Å². The van der Waals surface area contributed by atoms with Gasteiger partial charge in [0.25, 0.3) is 5.56 Å². The van der Waals surface area contributed by atoms with E-state index < -0.39 is 33.4 Å². The molecule has 0 radical (unpaired) electrons. The lowest BCUT2D eigenvalue weighted by molar-refractivity contribution is -0.0353. The van der Waals surface area contributed by atoms with Crippen molar-refractivity contribution in [1.29, 1.82) is 1.28 Å². The zero-order valence-corrected chi connectivity index (χ0v) is 11.9. The van der Waals surface area contributed by atoms with E-state index in [-0.39, 0.29) is 17.4 Å². The molecule has 10 heteroatoms. The lowest BCUT2D eigenvalue weighted by Crippen LogP contribution is -2.24. The predicted octanol–water partition coefficient (Wildman–Crippen LogP) is 0.228. The van der Waals surface area contributed by atoms with E-state index in [0.717, 1.165) is 0 Å². The molecule has 1 aliphatic rings. The first kappa shape index (κ1) is 12.7. The van der Waals surface area contributed by atoms with E-state index in [1.165, 1.54) is 6.33 Å². The first-order valence-corrected chi connectivity index (χ1v) is 6.63. The SMILES string of the molecule is [3H]POCC1OC(n2cnc3c(=O)[nH]c(Cl)nc32)CC1O. The summed E-state index contributed by atoms with van der Waals surface area (Å²) in [6.07, 6.45) is -0.0231. The van der Waals surface area contributed by atoms with Crippen LogP contribution in [0.3, 0.4) is 0 Å². The molecule has 20 heavy (non-hydrogen) atoms. The Balaban J connectivity index is 1.90. The third-order valence-corrected chi connectivity index (χ3v) is 3.51. The van der Waals surface area contributed by atoms with Crippen LogP contribution in [0.25, 0.3) is 11.2 Å². The molecule has 2 N–H and O–H groups in total. The summed E-state index contributed by atoms with van der Waals surface area (Å²) in [6, 6.07) is 0. The number of hydrogen-bond acceptors (Lipinski definition) is 6. The van der Waals surface area contributed by atoms with Crippen molar-refractivity contribution in [2.24, 2.45) is 0 Å². The fourth-order valence-electron chi connectivity index (χ4n) is 2.23. The van der Waals surface area contributed by atoms with Crippen molar-refractivity contribution in [2.75, 3.05) is 6.61 Å². The molecule has 1 fully saturated rings. The van der Waals surface area contributed by atoms with Crippen LogP contribution >= 0.6 is 21.0 Å². The molecule has 2 aromatic rings. The standard InChI is InChI=1S/C10H12ClN4O4P/c11-10-13-8-7(9(17)14-10)12-3-15(8)6-1-4(16)5(19-6)2-18-20/h3-6,16H,1-2,20H2,(H,13,14,17)/i20T. The van der Waals surface area contributed by atoms with Gasteiger partial charge in [0.05, 0.1) is 20.3 Å². The molecule has 0 spiro atoms. The molecule has 3 rings (SSSR count). The minimum atomic E-state index is -0.721. The fraction of sp³-hybridized carbons (Fsp3) is 0.500. The van der Waals surface area contributed by atoms with Gasteiger partial charge in [0.2, 0.25) is 5.28 Å². The van der Waals surface area contributed by atoms with Gasteiger partial charge in [-0.05, 0) is 11.6 Å². The van der Waals surface area contributed by atoms with Crippen LogP contribution in [0.4, 0.5) is 0 Å². The van der Waals surface area contributed by atoms with Gasteiger partial charge in [-0.3, -0.25) is 14.3 Å². The normalized spacial score (nSPS) is 27.7. The Morgan fingerprint density at radius 3 is 3.45 bits per heavy atom. The molecule has 108 valence electrons. The minimum absolute atomic E-state index is 0.0388. The Kier molecular flexibility index (Phi) is 3.41. The number of halogens is 1. The highest BCUT2D eigenvalue weighted by atomic mass is 35.5. The Morgan fingerprint density at radius 1 is 1.80 bits per heavy atom. The van der Waals surface area contributed by atoms with Crippen LogP contribution in [0.15, 0.2) is 11.1 Å². The lowest BCUT2D eigenvalue weighted by atomic mass is 10.2. The zero-order chi connectivity index (χ0) is 15.0. The molecule has 4 atom stereocenters. The Bertz CT molecular complexity index is 710. The number of ether oxygens (including phenoxy) is 1. The van der Waals surface area contributed by atoms with Gasteiger partial charge in [-0.2, -0.15) is 4.98 Å². The highest BCUT2D eigenvalue weighted by Crippen LogP contribution is 2.30. The van der Waals surface area contributed by atoms with Crippen LogP contribution in [-0.2, 0) is 9.26 Å². The number of H-pyrrole nitrogens is 1. The maximum Gasteiger partial charge on any atom is 0.280 e. The summed E-state index contributed by atoms with van der Waals surface area (Å²) < 4.78 is 19.2. The number of aromatic nitrogens is 4.